The minimum atomic E-state index is -0.921. The third-order valence-electron chi connectivity index (χ3n) is 22.7. The van der Waals surface area contributed by atoms with Crippen molar-refractivity contribution in [3.63, 3.8) is 0 Å². The van der Waals surface area contributed by atoms with Gasteiger partial charge in [0.1, 0.15) is 0 Å². The molecule has 0 aromatic carbocycles. The second-order valence-electron chi connectivity index (χ2n) is 31.8. The van der Waals surface area contributed by atoms with Crippen molar-refractivity contribution in [2.75, 3.05) is 0 Å². The molecule has 0 amide bonds. The summed E-state index contributed by atoms with van der Waals surface area (Å²) in [6.07, 6.45) is 79.4. The first-order valence-electron chi connectivity index (χ1n) is 44.0. The van der Waals surface area contributed by atoms with Gasteiger partial charge in [0, 0.05) is 0 Å². The summed E-state index contributed by atoms with van der Waals surface area (Å²) in [6.45, 7) is 19.9. The van der Waals surface area contributed by atoms with Gasteiger partial charge in [0.25, 0.3) is 0 Å². The smallest absolute Gasteiger partial charge is 0.0654 e. The summed E-state index contributed by atoms with van der Waals surface area (Å²) in [6, 6.07) is 18.7. The minimum absolute atomic E-state index is 0.165. The van der Waals surface area contributed by atoms with E-state index in [1.54, 1.807) is 0 Å². The number of nitrogens with zero attached hydrogens (tertiary/aromatic N) is 2. The Hall–Kier alpha value is -2.16. The van der Waals surface area contributed by atoms with Gasteiger partial charge in [0.15, 0.2) is 0 Å². The molecular formula is C94H152N2O2S2Te2. The van der Waals surface area contributed by atoms with Crippen molar-refractivity contribution >= 4 is 86.7 Å². The zero-order valence-electron chi connectivity index (χ0n) is 67.3. The van der Waals surface area contributed by atoms with Gasteiger partial charge >= 0.3 is 434 Å². The molecule has 2 unspecified atom stereocenters. The molecule has 2 atom stereocenters. The number of pyridine rings is 2. The maximum atomic E-state index is 16.0. The molecule has 0 radical (unpaired) electrons. The van der Waals surface area contributed by atoms with E-state index in [-0.39, 0.29) is 11.1 Å². The molecule has 574 valence electrons. The number of hydrogen-bond acceptors (Lipinski definition) is 4. The monoisotopic (exact) mass is 1660 g/mol. The Labute approximate surface area is 655 Å². The number of thiophene rings is 2. The van der Waals surface area contributed by atoms with Crippen LogP contribution in [0, 0.1) is 25.7 Å². The van der Waals surface area contributed by atoms with Crippen molar-refractivity contribution in [1.82, 2.24) is 9.13 Å². The van der Waals surface area contributed by atoms with Gasteiger partial charge in [-0.3, -0.25) is 0 Å². The number of rotatable bonds is 65. The molecule has 0 fully saturated rings. The van der Waals surface area contributed by atoms with Gasteiger partial charge in [-0.2, -0.15) is 0 Å². The van der Waals surface area contributed by atoms with Crippen molar-refractivity contribution < 1.29 is 0 Å². The minimum Gasteiger partial charge on any atom is -0.0654 e. The van der Waals surface area contributed by atoms with Crippen molar-refractivity contribution in [2.45, 2.75) is 428 Å². The average Bonchev–Trinajstić information content (AvgIpc) is 1.20. The molecule has 0 saturated heterocycles. The fraction of sp³-hybridized carbons (Fsp3) is 0.723. The van der Waals surface area contributed by atoms with E-state index >= 15 is 9.59 Å². The van der Waals surface area contributed by atoms with Crippen molar-refractivity contribution in [1.29, 1.82) is 0 Å². The van der Waals surface area contributed by atoms with Crippen LogP contribution >= 0.6 is 22.7 Å². The van der Waals surface area contributed by atoms with E-state index in [0.29, 0.717) is 13.1 Å². The van der Waals surface area contributed by atoms with Crippen LogP contribution < -0.4 is 11.1 Å². The quantitative estimate of drug-likeness (QED) is 0.0282. The first-order chi connectivity index (χ1) is 50.1. The molecule has 0 aliphatic heterocycles. The Kier molecular flexibility index (Phi) is 48.8. The van der Waals surface area contributed by atoms with E-state index in [2.05, 4.69) is 125 Å². The standard InChI is InChI=1S/C94H152N2O2S2Te2/c1-9-15-21-27-31-35-37-41-45-49-59-79(57-47-43-39-33-29-23-17-11-3)61-53-55-71-95-88-76-86(90-69-70-91(102-90)92-82(64-52-26-20-14-6)74-84(100-92)67-66-83-73-81(78(8)99-83)63-51-25-19-13-5)94(98)96(87(88)75-85(93(95)97)89-68-65-77(7)101-89)72-56-54-62-80(58-48-44-40-34-30-24-18-12-4)60-50-46-42-38-36-32-28-22-16-10-2/h65-70,73-76,79-80H,9-64,71-72H2,1-8H3/b67-66+. The molecule has 8 heteroatoms. The summed E-state index contributed by atoms with van der Waals surface area (Å²) in [4.78, 5) is 37.2. The van der Waals surface area contributed by atoms with E-state index < -0.39 is 40.9 Å². The Morgan fingerprint density at radius 2 is 0.637 bits per heavy atom. The summed E-state index contributed by atoms with van der Waals surface area (Å²) in [5.41, 5.74) is 7.05. The maximum absolute atomic E-state index is 16.0. The molecule has 0 spiro atoms. The first-order valence-corrected chi connectivity index (χ1v) is 50.3. The first kappa shape index (κ1) is 88.7. The Balaban J connectivity index is 1.32. The molecule has 0 saturated carbocycles. The Bertz CT molecular complexity index is 3230. The van der Waals surface area contributed by atoms with Gasteiger partial charge in [-0.1, -0.05) is 227 Å². The Morgan fingerprint density at radius 1 is 0.333 bits per heavy atom. The number of unbranched alkanes of at least 4 members (excludes halogenated alkanes) is 40. The normalized spacial score (nSPS) is 12.6. The van der Waals surface area contributed by atoms with Crippen LogP contribution in [-0.4, -0.2) is 50.0 Å². The third-order valence-corrected chi connectivity index (χ3v) is 31.5. The van der Waals surface area contributed by atoms with Crippen molar-refractivity contribution in [3.05, 3.63) is 98.6 Å². The van der Waals surface area contributed by atoms with Crippen LogP contribution in [0.3, 0.4) is 0 Å². The average molecular weight is 1660 g/mol. The molecule has 102 heavy (non-hydrogen) atoms. The number of fused-ring (bicyclic) bond motifs is 1. The molecule has 6 aromatic rings. The molecule has 6 heterocycles. The summed E-state index contributed by atoms with van der Waals surface area (Å²) in [5, 5.41) is 0. The van der Waals surface area contributed by atoms with E-state index in [0.717, 1.165) is 66.1 Å². The fourth-order valence-electron chi connectivity index (χ4n) is 16.2. The number of aromatic nitrogens is 2. The predicted octanol–water partition coefficient (Wildman–Crippen LogP) is 30.7. The van der Waals surface area contributed by atoms with E-state index in [4.69, 9.17) is 0 Å². The van der Waals surface area contributed by atoms with Crippen LogP contribution in [0.1, 0.15) is 418 Å². The van der Waals surface area contributed by atoms with E-state index in [1.165, 1.54) is 372 Å². The third kappa shape index (κ3) is 34.6. The molecule has 0 aliphatic carbocycles. The Morgan fingerprint density at radius 3 is 1.01 bits per heavy atom. The van der Waals surface area contributed by atoms with Crippen LogP contribution in [-0.2, 0) is 25.9 Å². The van der Waals surface area contributed by atoms with Crippen molar-refractivity contribution in [2.24, 2.45) is 11.8 Å². The molecule has 6 rings (SSSR count). The summed E-state index contributed by atoms with van der Waals surface area (Å²) >= 11 is 2.35. The van der Waals surface area contributed by atoms with Gasteiger partial charge < -0.3 is 0 Å². The van der Waals surface area contributed by atoms with E-state index in [1.807, 2.05) is 22.7 Å². The fourth-order valence-corrected chi connectivity index (χ4v) is 24.1. The zero-order chi connectivity index (χ0) is 72.5. The van der Waals surface area contributed by atoms with Crippen LogP contribution in [0.4, 0.5) is 0 Å². The van der Waals surface area contributed by atoms with Gasteiger partial charge in [0.2, 0.25) is 0 Å². The van der Waals surface area contributed by atoms with Gasteiger partial charge in [-0.25, -0.2) is 0 Å². The summed E-state index contributed by atoms with van der Waals surface area (Å²) < 4.78 is 9.79. The molecule has 4 nitrogen and oxygen atoms in total. The molecule has 0 bridgehead atoms. The number of hydrogen-bond donors (Lipinski definition) is 0. The molecule has 0 aliphatic rings. The van der Waals surface area contributed by atoms with Crippen LogP contribution in [0.2, 0.25) is 0 Å². The molecular weight excluding hydrogens is 1510 g/mol. The second-order valence-corrected chi connectivity index (χ2v) is 40.9. The second kappa shape index (κ2) is 56.1. The SMILES string of the molecule is CCCCCCCCCCCCC(CCCCCCCCCC)CCCCn1c(=O)c(-c2ccc(C)[te]2)cc2c1cc(-c1ccc(-c3sc(/C=C/c4cc(CCCCCC)c(C)s4)cc3CCCCCC)[te]1)c(=O)n2CCCCC(CCCCCCCCCC)CCCCCCCCCCCC. The van der Waals surface area contributed by atoms with Crippen molar-refractivity contribution in [3.8, 4) is 26.7 Å². The van der Waals surface area contributed by atoms with Crippen LogP contribution in [0.15, 0.2) is 58.1 Å². The number of aryl methyl sites for hydroxylation is 6. The topological polar surface area (TPSA) is 44.0 Å². The summed E-state index contributed by atoms with van der Waals surface area (Å²) in [5.74, 6) is 1.53. The molecule has 0 N–H and O–H groups in total. The van der Waals surface area contributed by atoms with Gasteiger partial charge in [-0.05, 0) is 0 Å². The zero-order valence-corrected chi connectivity index (χ0v) is 73.6. The predicted molar refractivity (Wildman–Crippen MR) is 461 cm³/mol. The van der Waals surface area contributed by atoms with Crippen LogP contribution in [0.25, 0.3) is 49.9 Å². The van der Waals surface area contributed by atoms with Gasteiger partial charge in [-0.15, -0.1) is 0 Å². The van der Waals surface area contributed by atoms with Gasteiger partial charge in [0.05, 0.1) is 0 Å². The molecule has 6 aromatic heterocycles. The van der Waals surface area contributed by atoms with E-state index in [9.17, 15) is 0 Å². The summed E-state index contributed by atoms with van der Waals surface area (Å²) in [7, 11) is 0. The van der Waals surface area contributed by atoms with Crippen LogP contribution in [0.5, 0.6) is 0 Å².